The second kappa shape index (κ2) is 16.7. The molecular formula is C49H39IrN3S-2. The molecule has 0 bridgehead atoms. The molecule has 6 aromatic carbocycles. The predicted octanol–water partition coefficient (Wildman–Crippen LogP) is 13.2. The number of benzene rings is 6. The Hall–Kier alpha value is -5.45. The third-order valence-corrected chi connectivity index (χ3v) is 10.1. The zero-order valence-electron chi connectivity index (χ0n) is 35.5. The minimum atomic E-state index is -2.18. The van der Waals surface area contributed by atoms with Gasteiger partial charge in [-0.1, -0.05) is 157 Å². The van der Waals surface area contributed by atoms with Gasteiger partial charge in [0.05, 0.1) is 22.5 Å². The van der Waals surface area contributed by atoms with Crippen LogP contribution in [0.2, 0.25) is 0 Å². The Bertz CT molecular complexity index is 2740. The predicted molar refractivity (Wildman–Crippen MR) is 224 cm³/mol. The molecule has 3 aromatic heterocycles. The van der Waals surface area contributed by atoms with Crippen molar-refractivity contribution in [1.29, 1.82) is 0 Å². The van der Waals surface area contributed by atoms with Crippen molar-refractivity contribution < 1.29 is 28.3 Å². The minimum absolute atomic E-state index is 0. The van der Waals surface area contributed by atoms with E-state index >= 15 is 0 Å². The van der Waals surface area contributed by atoms with E-state index in [4.69, 9.17) is 13.2 Å². The van der Waals surface area contributed by atoms with Crippen molar-refractivity contribution in [2.45, 2.75) is 33.5 Å². The van der Waals surface area contributed by atoms with E-state index in [1.54, 1.807) is 23.5 Å². The zero-order chi connectivity index (χ0) is 41.1. The van der Waals surface area contributed by atoms with Crippen LogP contribution in [-0.4, -0.2) is 14.5 Å². The number of pyridine rings is 1. The number of thiophene rings is 1. The van der Waals surface area contributed by atoms with Crippen LogP contribution in [0.5, 0.6) is 0 Å². The van der Waals surface area contributed by atoms with Gasteiger partial charge in [-0.3, -0.25) is 16.3 Å². The van der Waals surface area contributed by atoms with Crippen LogP contribution in [0.4, 0.5) is 0 Å². The fourth-order valence-corrected chi connectivity index (χ4v) is 7.50. The van der Waals surface area contributed by atoms with Gasteiger partial charge in [0.2, 0.25) is 0 Å². The molecule has 0 N–H and O–H groups in total. The van der Waals surface area contributed by atoms with E-state index in [0.717, 1.165) is 41.0 Å². The molecular weight excluding hydrogens is 855 g/mol. The number of rotatable bonds is 7. The maximum Gasteiger partial charge on any atom is 0.0774 e. The topological polar surface area (TPSA) is 30.7 Å². The van der Waals surface area contributed by atoms with Gasteiger partial charge in [0, 0.05) is 45.7 Å². The third kappa shape index (κ3) is 7.62. The molecule has 0 fully saturated rings. The van der Waals surface area contributed by atoms with E-state index in [-0.39, 0.29) is 31.2 Å². The maximum atomic E-state index is 7.28. The number of fused-ring (bicyclic) bond motifs is 2. The molecule has 0 saturated carbocycles. The molecule has 0 amide bonds. The van der Waals surface area contributed by atoms with Crippen molar-refractivity contribution in [2.24, 2.45) is 0 Å². The number of para-hydroxylation sites is 3. The number of aryl methyl sites for hydroxylation is 3. The van der Waals surface area contributed by atoms with E-state index in [2.05, 4.69) is 149 Å². The maximum absolute atomic E-state index is 7.28. The van der Waals surface area contributed by atoms with Gasteiger partial charge in [-0.05, 0) is 47.8 Å². The van der Waals surface area contributed by atoms with Gasteiger partial charge < -0.3 is 9.55 Å². The number of hydrogen-bond acceptors (Lipinski definition) is 3. The van der Waals surface area contributed by atoms with E-state index in [1.807, 2.05) is 0 Å². The van der Waals surface area contributed by atoms with Gasteiger partial charge in [0.1, 0.15) is 0 Å². The average Bonchev–Trinajstić information content (AvgIpc) is 3.85. The Morgan fingerprint density at radius 2 is 1.43 bits per heavy atom. The second-order valence-corrected chi connectivity index (χ2v) is 13.6. The summed E-state index contributed by atoms with van der Waals surface area (Å²) in [5.41, 5.74) is 11.9. The first-order valence-electron chi connectivity index (χ1n) is 20.6. The van der Waals surface area contributed by atoms with Crippen LogP contribution in [0, 0.1) is 25.2 Å². The summed E-state index contributed by atoms with van der Waals surface area (Å²) in [5.74, 6) is 0.927. The number of aromatic nitrogens is 3. The molecule has 54 heavy (non-hydrogen) atoms. The van der Waals surface area contributed by atoms with Crippen molar-refractivity contribution in [3.63, 3.8) is 0 Å². The number of hydrogen-bond donors (Lipinski definition) is 0. The van der Waals surface area contributed by atoms with Crippen molar-refractivity contribution in [3.8, 4) is 50.6 Å². The van der Waals surface area contributed by atoms with Crippen LogP contribution in [-0.2, 0) is 26.5 Å². The summed E-state index contributed by atoms with van der Waals surface area (Å²) in [7, 11) is 0. The summed E-state index contributed by atoms with van der Waals surface area (Å²) in [6.07, 6.45) is 3.49. The van der Waals surface area contributed by atoms with Gasteiger partial charge in [-0.25, -0.2) is 0 Å². The van der Waals surface area contributed by atoms with Crippen molar-refractivity contribution >= 4 is 32.5 Å². The molecule has 0 atom stereocenters. The summed E-state index contributed by atoms with van der Waals surface area (Å²) in [4.78, 5) is 9.34. The molecule has 9 rings (SSSR count). The molecule has 0 aliphatic carbocycles. The molecule has 0 unspecified atom stereocenters. The largest absolute Gasteiger partial charge is 0.332 e. The first kappa shape index (κ1) is 29.9. The average molecular weight is 900 g/mol. The van der Waals surface area contributed by atoms with Crippen LogP contribution in [0.25, 0.3) is 71.7 Å². The zero-order valence-corrected chi connectivity index (χ0v) is 32.7. The van der Waals surface area contributed by atoms with Gasteiger partial charge in [0.15, 0.2) is 0 Å². The molecule has 0 aliphatic rings. The molecule has 5 heteroatoms. The van der Waals surface area contributed by atoms with Crippen LogP contribution in [0.1, 0.15) is 38.3 Å². The monoisotopic (exact) mass is 900 g/mol. The standard InChI is InChI=1S/C36H27N2S.C13H12N.Ir/c1-2-12-25-21-22-34-30(23-25)31(24-39-34)36-37-32-19-9-10-20-33(32)38(36)35-28(26-13-5-3-6-14-26)17-11-18-29(35)27-15-7-4-8-16-27;1-10-3-6-12(7-4-10)13-8-5-11(2)9-14-13;/h3-11,13-23H,2,12H2,1H3;3-6,8-9H,1-2H3;/q2*-1;/i;1D3,2D3;. The van der Waals surface area contributed by atoms with Crippen LogP contribution >= 0.6 is 11.3 Å². The summed E-state index contributed by atoms with van der Waals surface area (Å²) in [6, 6.07) is 53.7. The molecule has 3 nitrogen and oxygen atoms in total. The molecule has 0 aliphatic heterocycles. The Labute approximate surface area is 343 Å². The molecule has 267 valence electrons. The Morgan fingerprint density at radius 3 is 2.07 bits per heavy atom. The first-order valence-corrected chi connectivity index (χ1v) is 18.5. The summed E-state index contributed by atoms with van der Waals surface area (Å²) < 4.78 is 47.2. The smallest absolute Gasteiger partial charge is 0.0774 e. The van der Waals surface area contributed by atoms with Gasteiger partial charge in [-0.2, -0.15) is 0 Å². The van der Waals surface area contributed by atoms with E-state index in [1.165, 1.54) is 62.3 Å². The van der Waals surface area contributed by atoms with Gasteiger partial charge in [-0.15, -0.1) is 46.8 Å². The van der Waals surface area contributed by atoms with Crippen molar-refractivity contribution in [1.82, 2.24) is 14.5 Å². The van der Waals surface area contributed by atoms with Crippen molar-refractivity contribution in [2.75, 3.05) is 0 Å². The molecule has 1 radical (unpaired) electrons. The Kier molecular flexibility index (Phi) is 9.26. The number of nitrogens with zero attached hydrogens (tertiary/aromatic N) is 3. The Balaban J connectivity index is 0.000000220. The molecule has 9 aromatic rings. The summed E-state index contributed by atoms with van der Waals surface area (Å²) in [5, 5.41) is 4.87. The van der Waals surface area contributed by atoms with Gasteiger partial charge >= 0.3 is 0 Å². The second-order valence-electron chi connectivity index (χ2n) is 12.8. The quantitative estimate of drug-likeness (QED) is 0.149. The first-order chi connectivity index (χ1) is 28.5. The number of imidazole rings is 1. The fraction of sp³-hybridized carbons (Fsp3) is 0.102. The van der Waals surface area contributed by atoms with Crippen LogP contribution in [0.3, 0.4) is 0 Å². The van der Waals surface area contributed by atoms with Crippen LogP contribution < -0.4 is 0 Å². The molecule has 0 saturated heterocycles. The van der Waals surface area contributed by atoms with E-state index < -0.39 is 13.7 Å². The normalized spacial score (nSPS) is 13.0. The summed E-state index contributed by atoms with van der Waals surface area (Å²) >= 11 is 1.67. The summed E-state index contributed by atoms with van der Waals surface area (Å²) in [6.45, 7) is -2.11. The van der Waals surface area contributed by atoms with E-state index in [0.29, 0.717) is 11.3 Å². The van der Waals surface area contributed by atoms with Crippen LogP contribution in [0.15, 0.2) is 158 Å². The van der Waals surface area contributed by atoms with Gasteiger partial charge in [0.25, 0.3) is 0 Å². The molecule has 3 heterocycles. The fourth-order valence-electron chi connectivity index (χ4n) is 6.68. The molecule has 0 spiro atoms. The Morgan fingerprint density at radius 1 is 0.722 bits per heavy atom. The van der Waals surface area contributed by atoms with Crippen molar-refractivity contribution in [3.05, 3.63) is 186 Å². The SMILES string of the molecule is CCCc1ccc2s[c-]c(-c3nc4ccccc4n3-c3c(-c4ccccc4)cccc3-c3ccccc3)c2c1.[2H]C([2H])([2H])c1c[c-]c(-c2ccc(C([2H])([2H])[2H])cn2)cc1.[Ir]. The minimum Gasteiger partial charge on any atom is -0.332 e. The van der Waals surface area contributed by atoms with E-state index in [9.17, 15) is 0 Å². The third-order valence-electron chi connectivity index (χ3n) is 9.18.